The van der Waals surface area contributed by atoms with Gasteiger partial charge in [-0.3, -0.25) is 14.5 Å². The maximum atomic E-state index is 15.7. The number of para-hydroxylation sites is 1. The summed E-state index contributed by atoms with van der Waals surface area (Å²) in [6.45, 7) is 0.0232. The number of hydrogen-bond acceptors (Lipinski definition) is 9. The molecule has 2 amide bonds. The molecule has 0 saturated carbocycles. The van der Waals surface area contributed by atoms with Crippen molar-refractivity contribution in [3.05, 3.63) is 106 Å². The van der Waals surface area contributed by atoms with Gasteiger partial charge in [0.25, 0.3) is 15.9 Å². The molecule has 48 heavy (non-hydrogen) atoms. The lowest BCUT2D eigenvalue weighted by Gasteiger charge is -2.47. The summed E-state index contributed by atoms with van der Waals surface area (Å²) in [5.41, 5.74) is 0.590. The molecule has 13 heteroatoms. The van der Waals surface area contributed by atoms with Crippen LogP contribution in [0.1, 0.15) is 22.3 Å². The molecule has 3 heterocycles. The number of likely N-dealkylation sites (N-methyl/N-ethyl adjacent to an activating group) is 1. The van der Waals surface area contributed by atoms with E-state index in [0.29, 0.717) is 17.1 Å². The fourth-order valence-corrected chi connectivity index (χ4v) is 8.75. The smallest absolute Gasteiger partial charge is 0.274 e. The highest BCUT2D eigenvalue weighted by atomic mass is 35.5. The van der Waals surface area contributed by atoms with E-state index in [1.807, 2.05) is 24.3 Å². The zero-order chi connectivity index (χ0) is 34.0. The Bertz CT molecular complexity index is 2090. The normalized spacial score (nSPS) is 19.9. The third kappa shape index (κ3) is 4.61. The zero-order valence-corrected chi connectivity index (χ0v) is 28.2. The highest BCUT2D eigenvalue weighted by Crippen LogP contribution is 2.57. The van der Waals surface area contributed by atoms with Gasteiger partial charge in [-0.25, -0.2) is 12.7 Å². The van der Waals surface area contributed by atoms with Crippen LogP contribution < -0.4 is 23.3 Å². The summed E-state index contributed by atoms with van der Waals surface area (Å²) < 4.78 is 53.0. The second kappa shape index (κ2) is 11.7. The van der Waals surface area contributed by atoms with Crippen LogP contribution in [0.25, 0.3) is 0 Å². The first kappa shape index (κ1) is 31.8. The average molecular weight is 690 g/mol. The minimum atomic E-state index is -4.66. The number of fused-ring (bicyclic) bond motifs is 3. The Labute approximate surface area is 283 Å². The lowest BCUT2D eigenvalue weighted by Crippen LogP contribution is -2.62. The third-order valence-electron chi connectivity index (χ3n) is 9.14. The summed E-state index contributed by atoms with van der Waals surface area (Å²) in [6.07, 6.45) is 0.267. The van der Waals surface area contributed by atoms with Gasteiger partial charge in [-0.15, -0.1) is 0 Å². The number of nitrogens with zero attached hydrogens (tertiary/aromatic N) is 3. The number of sulfonamides is 1. The Morgan fingerprint density at radius 3 is 2.44 bits per heavy atom. The van der Waals surface area contributed by atoms with Crippen molar-refractivity contribution < 1.29 is 37.0 Å². The fraction of sp³-hybridized carbons (Fsp3) is 0.257. The maximum Gasteiger partial charge on any atom is 0.274 e. The molecule has 3 aliphatic heterocycles. The molecule has 7 rings (SSSR count). The van der Waals surface area contributed by atoms with Crippen molar-refractivity contribution in [1.29, 1.82) is 0 Å². The van der Waals surface area contributed by atoms with Gasteiger partial charge in [0.05, 0.1) is 25.9 Å². The molecule has 0 aromatic heterocycles. The minimum Gasteiger partial charge on any atom is -0.497 e. The number of anilines is 1. The molecular formula is C35H32ClN3O8S. The number of carbonyl (C=O) groups is 2. The van der Waals surface area contributed by atoms with E-state index in [1.165, 1.54) is 49.5 Å². The summed E-state index contributed by atoms with van der Waals surface area (Å²) in [6, 6.07) is 20.8. The molecule has 3 aliphatic rings. The number of benzene rings is 4. The molecule has 4 aromatic carbocycles. The highest BCUT2D eigenvalue weighted by molar-refractivity contribution is 7.93. The maximum absolute atomic E-state index is 15.7. The van der Waals surface area contributed by atoms with Crippen LogP contribution in [-0.2, 0) is 38.1 Å². The number of hydrogen-bond donors (Lipinski definition) is 0. The topological polar surface area (TPSA) is 115 Å². The minimum absolute atomic E-state index is 0.0138. The fourth-order valence-electron chi connectivity index (χ4n) is 6.97. The van der Waals surface area contributed by atoms with E-state index in [0.717, 1.165) is 15.4 Å². The number of methoxy groups -OCH3 is 2. The van der Waals surface area contributed by atoms with Crippen molar-refractivity contribution in [2.24, 2.45) is 0 Å². The summed E-state index contributed by atoms with van der Waals surface area (Å²) in [5.74, 6) is -0.0861. The van der Waals surface area contributed by atoms with Gasteiger partial charge in [0, 0.05) is 42.9 Å². The van der Waals surface area contributed by atoms with Crippen LogP contribution in [0, 0.1) is 0 Å². The SMILES string of the molecule is COc1ccc(S(=O)(=O)N2C(=O)C(c3cccc4c3OCO4)(N3Cc4ccccc4C[C@H]3C(=O)N(C)C)c3cc(Cl)ccc32)c(OC)c1. The molecule has 1 unspecified atom stereocenters. The molecule has 0 spiro atoms. The van der Waals surface area contributed by atoms with E-state index in [-0.39, 0.29) is 58.3 Å². The predicted octanol–water partition coefficient (Wildman–Crippen LogP) is 4.58. The Balaban J connectivity index is 1.56. The standard InChI is InChI=1S/C35H32ClN3O8S/c1-37(2)33(40)28-16-21-8-5-6-9-22(21)19-38(28)35(25-10-7-11-29-32(25)47-20-46-29)26-17-23(36)12-14-27(26)39(34(35)41)48(42,43)31-15-13-24(44-3)18-30(31)45-4/h5-15,17-18,28H,16,19-20H2,1-4H3/t28-,35?/m0/s1. The van der Waals surface area contributed by atoms with Gasteiger partial charge in [0.15, 0.2) is 17.0 Å². The Hall–Kier alpha value is -4.78. The molecule has 2 atom stereocenters. The molecule has 4 aromatic rings. The Morgan fingerprint density at radius 2 is 1.71 bits per heavy atom. The Kier molecular flexibility index (Phi) is 7.77. The summed E-state index contributed by atoms with van der Waals surface area (Å²) in [5, 5.41) is 0.268. The summed E-state index contributed by atoms with van der Waals surface area (Å²) in [4.78, 5) is 32.8. The summed E-state index contributed by atoms with van der Waals surface area (Å²) >= 11 is 6.67. The van der Waals surface area contributed by atoms with Crippen LogP contribution >= 0.6 is 11.6 Å². The van der Waals surface area contributed by atoms with Gasteiger partial charge >= 0.3 is 0 Å². The predicted molar refractivity (Wildman–Crippen MR) is 177 cm³/mol. The van der Waals surface area contributed by atoms with E-state index in [1.54, 1.807) is 43.3 Å². The van der Waals surface area contributed by atoms with Gasteiger partial charge in [0.1, 0.15) is 16.4 Å². The molecule has 11 nitrogen and oxygen atoms in total. The van der Waals surface area contributed by atoms with Crippen LogP contribution in [-0.4, -0.2) is 71.2 Å². The van der Waals surface area contributed by atoms with Crippen molar-refractivity contribution >= 4 is 39.1 Å². The quantitative estimate of drug-likeness (QED) is 0.275. The molecule has 0 bridgehead atoms. The second-order valence-corrected chi connectivity index (χ2v) is 14.0. The van der Waals surface area contributed by atoms with Gasteiger partial charge in [-0.2, -0.15) is 0 Å². The van der Waals surface area contributed by atoms with Crippen LogP contribution in [0.2, 0.25) is 5.02 Å². The van der Waals surface area contributed by atoms with Crippen molar-refractivity contribution in [3.63, 3.8) is 0 Å². The van der Waals surface area contributed by atoms with Crippen LogP contribution in [0.5, 0.6) is 23.0 Å². The third-order valence-corrected chi connectivity index (χ3v) is 11.1. The molecule has 0 aliphatic carbocycles. The molecule has 0 radical (unpaired) electrons. The molecular weight excluding hydrogens is 658 g/mol. The van der Waals surface area contributed by atoms with Gasteiger partial charge < -0.3 is 23.8 Å². The van der Waals surface area contributed by atoms with E-state index in [4.69, 9.17) is 30.5 Å². The van der Waals surface area contributed by atoms with Gasteiger partial charge in [0.2, 0.25) is 12.7 Å². The van der Waals surface area contributed by atoms with Crippen LogP contribution in [0.4, 0.5) is 5.69 Å². The van der Waals surface area contributed by atoms with E-state index < -0.39 is 27.5 Å². The van der Waals surface area contributed by atoms with E-state index in [2.05, 4.69) is 0 Å². The lowest BCUT2D eigenvalue weighted by atomic mass is 9.77. The van der Waals surface area contributed by atoms with Crippen molar-refractivity contribution in [2.75, 3.05) is 39.4 Å². The first-order chi connectivity index (χ1) is 23.0. The lowest BCUT2D eigenvalue weighted by molar-refractivity contribution is -0.141. The number of ether oxygens (including phenoxy) is 4. The van der Waals surface area contributed by atoms with Gasteiger partial charge in [-0.05, 0) is 53.9 Å². The van der Waals surface area contributed by atoms with Crippen LogP contribution in [0.15, 0.2) is 83.8 Å². The molecule has 0 N–H and O–H groups in total. The monoisotopic (exact) mass is 689 g/mol. The number of carbonyl (C=O) groups excluding carboxylic acids is 2. The Morgan fingerprint density at radius 1 is 0.938 bits per heavy atom. The van der Waals surface area contributed by atoms with Gasteiger partial charge in [-0.1, -0.05) is 48.0 Å². The second-order valence-electron chi connectivity index (χ2n) is 11.9. The number of rotatable bonds is 7. The largest absolute Gasteiger partial charge is 0.497 e. The van der Waals surface area contributed by atoms with Crippen molar-refractivity contribution in [2.45, 2.75) is 29.4 Å². The molecule has 0 saturated heterocycles. The van der Waals surface area contributed by atoms with Crippen molar-refractivity contribution in [3.8, 4) is 23.0 Å². The van der Waals surface area contributed by atoms with E-state index in [9.17, 15) is 13.2 Å². The van der Waals surface area contributed by atoms with E-state index >= 15 is 4.79 Å². The average Bonchev–Trinajstić information content (AvgIpc) is 3.67. The molecule has 0 fully saturated rings. The number of amides is 2. The first-order valence-corrected chi connectivity index (χ1v) is 16.9. The molecule has 248 valence electrons. The first-order valence-electron chi connectivity index (χ1n) is 15.1. The van der Waals surface area contributed by atoms with Crippen molar-refractivity contribution in [1.82, 2.24) is 9.80 Å². The van der Waals surface area contributed by atoms with Crippen LogP contribution in [0.3, 0.4) is 0 Å². The zero-order valence-electron chi connectivity index (χ0n) is 26.6. The highest BCUT2D eigenvalue weighted by Gasteiger charge is 2.63. The number of halogens is 1. The summed E-state index contributed by atoms with van der Waals surface area (Å²) in [7, 11) is 1.43.